The molecule has 3 atom stereocenters. The van der Waals surface area contributed by atoms with Crippen LogP contribution in [-0.2, 0) is 6.54 Å². The Morgan fingerprint density at radius 1 is 1.09 bits per heavy atom. The van der Waals surface area contributed by atoms with Crippen LogP contribution in [0.5, 0.6) is 0 Å². The highest BCUT2D eigenvalue weighted by Crippen LogP contribution is 2.20. The first-order valence-corrected chi connectivity index (χ1v) is 12.7. The van der Waals surface area contributed by atoms with E-state index in [1.165, 1.54) is 5.56 Å². The van der Waals surface area contributed by atoms with E-state index in [1.807, 2.05) is 0 Å². The summed E-state index contributed by atoms with van der Waals surface area (Å²) in [6.45, 7) is 17.7. The second-order valence-electron chi connectivity index (χ2n) is 10.0. The van der Waals surface area contributed by atoms with Gasteiger partial charge in [0.05, 0.1) is 6.54 Å². The lowest BCUT2D eigenvalue weighted by molar-refractivity contribution is 0.0924. The summed E-state index contributed by atoms with van der Waals surface area (Å²) in [5.74, 6) is 1.59. The van der Waals surface area contributed by atoms with Crippen LogP contribution in [0.2, 0.25) is 0 Å². The molecule has 3 rings (SSSR count). The molecule has 0 amide bonds. The Bertz CT molecular complexity index is 683. The molecular formula is C26H46N6. The second-order valence-corrected chi connectivity index (χ2v) is 10.0. The van der Waals surface area contributed by atoms with Gasteiger partial charge >= 0.3 is 0 Å². The van der Waals surface area contributed by atoms with Crippen LogP contribution in [0.1, 0.15) is 46.1 Å². The Hall–Kier alpha value is -1.63. The van der Waals surface area contributed by atoms with E-state index in [0.29, 0.717) is 24.0 Å². The Balaban J connectivity index is 1.54. The van der Waals surface area contributed by atoms with E-state index in [0.717, 1.165) is 71.2 Å². The molecule has 0 bridgehead atoms. The van der Waals surface area contributed by atoms with E-state index in [9.17, 15) is 0 Å². The van der Waals surface area contributed by atoms with Crippen LogP contribution >= 0.6 is 0 Å². The molecule has 0 aromatic heterocycles. The minimum absolute atomic E-state index is 0.482. The summed E-state index contributed by atoms with van der Waals surface area (Å²) in [6.07, 6.45) is 2.32. The zero-order valence-corrected chi connectivity index (χ0v) is 21.1. The summed E-state index contributed by atoms with van der Waals surface area (Å²) < 4.78 is 0. The quantitative estimate of drug-likeness (QED) is 0.479. The second kappa shape index (κ2) is 12.6. The summed E-state index contributed by atoms with van der Waals surface area (Å²) >= 11 is 0. The molecular weight excluding hydrogens is 396 g/mol. The normalized spacial score (nSPS) is 25.1. The van der Waals surface area contributed by atoms with Gasteiger partial charge in [0.15, 0.2) is 5.96 Å². The number of aliphatic imine (C=N–C) groups is 1. The molecule has 2 N–H and O–H groups in total. The molecule has 2 saturated heterocycles. The fraction of sp³-hybridized carbons (Fsp3) is 0.731. The molecule has 1 aromatic rings. The molecule has 0 saturated carbocycles. The standard InChI is InChI=1S/C26H46N6/c1-6-27-26(28-19-25(21(2)3)31-16-14-30(5)15-17-31)29-24-12-13-32(22(4)18-24)20-23-10-8-7-9-11-23/h7-11,21-22,24-25H,6,12-20H2,1-5H3,(H2,27,28,29). The molecule has 32 heavy (non-hydrogen) atoms. The van der Waals surface area contributed by atoms with Crippen LogP contribution in [0.3, 0.4) is 0 Å². The molecule has 0 radical (unpaired) electrons. The van der Waals surface area contributed by atoms with E-state index in [1.54, 1.807) is 0 Å². The summed E-state index contributed by atoms with van der Waals surface area (Å²) in [5.41, 5.74) is 1.41. The van der Waals surface area contributed by atoms with Gasteiger partial charge in [-0.25, -0.2) is 0 Å². The monoisotopic (exact) mass is 442 g/mol. The summed E-state index contributed by atoms with van der Waals surface area (Å²) in [7, 11) is 2.22. The van der Waals surface area contributed by atoms with Crippen molar-refractivity contribution in [2.75, 3.05) is 52.9 Å². The maximum absolute atomic E-state index is 5.06. The molecule has 0 spiro atoms. The maximum Gasteiger partial charge on any atom is 0.191 e. The van der Waals surface area contributed by atoms with Gasteiger partial charge in [-0.2, -0.15) is 0 Å². The van der Waals surface area contributed by atoms with Crippen LogP contribution in [0.15, 0.2) is 35.3 Å². The average molecular weight is 443 g/mol. The molecule has 3 unspecified atom stereocenters. The van der Waals surface area contributed by atoms with Gasteiger partial charge in [0, 0.05) is 63.9 Å². The van der Waals surface area contributed by atoms with Gasteiger partial charge in [0.25, 0.3) is 0 Å². The lowest BCUT2D eigenvalue weighted by Crippen LogP contribution is -2.53. The fourth-order valence-corrected chi connectivity index (χ4v) is 5.00. The molecule has 2 aliphatic rings. The Morgan fingerprint density at radius 2 is 1.81 bits per heavy atom. The topological polar surface area (TPSA) is 46.1 Å². The van der Waals surface area contributed by atoms with Gasteiger partial charge in [-0.1, -0.05) is 44.2 Å². The highest BCUT2D eigenvalue weighted by atomic mass is 15.3. The molecule has 2 fully saturated rings. The zero-order valence-electron chi connectivity index (χ0n) is 21.1. The summed E-state index contributed by atoms with van der Waals surface area (Å²) in [6, 6.07) is 12.4. The number of nitrogens with one attached hydrogen (secondary N) is 2. The van der Waals surface area contributed by atoms with Gasteiger partial charge in [-0.15, -0.1) is 0 Å². The van der Waals surface area contributed by atoms with E-state index >= 15 is 0 Å². The van der Waals surface area contributed by atoms with Crippen molar-refractivity contribution < 1.29 is 0 Å². The van der Waals surface area contributed by atoms with Gasteiger partial charge in [0.1, 0.15) is 0 Å². The SMILES string of the molecule is CCNC(=NCC(C(C)C)N1CCN(C)CC1)NC1CCN(Cc2ccccc2)C(C)C1. The first kappa shape index (κ1) is 25.0. The third-order valence-corrected chi connectivity index (χ3v) is 7.14. The molecule has 180 valence electrons. The van der Waals surface area contributed by atoms with Crippen molar-refractivity contribution in [1.29, 1.82) is 0 Å². The number of rotatable bonds is 8. The fourth-order valence-electron chi connectivity index (χ4n) is 5.00. The highest BCUT2D eigenvalue weighted by Gasteiger charge is 2.27. The number of benzene rings is 1. The number of likely N-dealkylation sites (tertiary alicyclic amines) is 1. The predicted octanol–water partition coefficient (Wildman–Crippen LogP) is 2.87. The van der Waals surface area contributed by atoms with E-state index < -0.39 is 0 Å². The first-order valence-electron chi connectivity index (χ1n) is 12.7. The van der Waals surface area contributed by atoms with Crippen LogP contribution in [0, 0.1) is 5.92 Å². The third kappa shape index (κ3) is 7.46. The van der Waals surface area contributed by atoms with Crippen LogP contribution < -0.4 is 10.6 Å². The zero-order chi connectivity index (χ0) is 22.9. The van der Waals surface area contributed by atoms with Crippen molar-refractivity contribution in [3.63, 3.8) is 0 Å². The average Bonchev–Trinajstić information content (AvgIpc) is 2.77. The first-order chi connectivity index (χ1) is 15.5. The smallest absolute Gasteiger partial charge is 0.191 e. The minimum atomic E-state index is 0.482. The Morgan fingerprint density at radius 3 is 2.44 bits per heavy atom. The van der Waals surface area contributed by atoms with Gasteiger partial charge < -0.3 is 15.5 Å². The van der Waals surface area contributed by atoms with Crippen LogP contribution in [0.25, 0.3) is 0 Å². The van der Waals surface area contributed by atoms with Crippen molar-refractivity contribution in [2.45, 2.75) is 65.2 Å². The molecule has 0 aliphatic carbocycles. The van der Waals surface area contributed by atoms with E-state index in [2.05, 4.69) is 90.4 Å². The third-order valence-electron chi connectivity index (χ3n) is 7.14. The number of likely N-dealkylation sites (N-methyl/N-ethyl adjacent to an activating group) is 1. The molecule has 6 heteroatoms. The van der Waals surface area contributed by atoms with Crippen molar-refractivity contribution in [3.8, 4) is 0 Å². The van der Waals surface area contributed by atoms with E-state index in [4.69, 9.17) is 4.99 Å². The Labute approximate surface area is 196 Å². The van der Waals surface area contributed by atoms with Gasteiger partial charge in [-0.3, -0.25) is 14.8 Å². The number of nitrogens with zero attached hydrogens (tertiary/aromatic N) is 4. The molecule has 2 aliphatic heterocycles. The largest absolute Gasteiger partial charge is 0.357 e. The van der Waals surface area contributed by atoms with Crippen molar-refractivity contribution in [1.82, 2.24) is 25.3 Å². The van der Waals surface area contributed by atoms with E-state index in [-0.39, 0.29) is 0 Å². The lowest BCUT2D eigenvalue weighted by Gasteiger charge is -2.39. The summed E-state index contributed by atoms with van der Waals surface area (Å²) in [5, 5.41) is 7.26. The Kier molecular flexibility index (Phi) is 9.82. The number of piperidine rings is 1. The van der Waals surface area contributed by atoms with Crippen LogP contribution in [0.4, 0.5) is 0 Å². The summed E-state index contributed by atoms with van der Waals surface area (Å²) in [4.78, 5) is 12.7. The van der Waals surface area contributed by atoms with Crippen molar-refractivity contribution in [3.05, 3.63) is 35.9 Å². The van der Waals surface area contributed by atoms with Gasteiger partial charge in [-0.05, 0) is 45.2 Å². The predicted molar refractivity (Wildman–Crippen MR) is 136 cm³/mol. The van der Waals surface area contributed by atoms with Crippen molar-refractivity contribution in [2.24, 2.45) is 10.9 Å². The molecule has 1 aromatic carbocycles. The number of hydrogen-bond donors (Lipinski definition) is 2. The number of piperazine rings is 1. The van der Waals surface area contributed by atoms with Gasteiger partial charge in [0.2, 0.25) is 0 Å². The number of guanidine groups is 1. The van der Waals surface area contributed by atoms with Crippen molar-refractivity contribution >= 4 is 5.96 Å². The van der Waals surface area contributed by atoms with Crippen LogP contribution in [-0.4, -0.2) is 91.6 Å². The molecule has 2 heterocycles. The lowest BCUT2D eigenvalue weighted by atomic mass is 9.97. The number of hydrogen-bond acceptors (Lipinski definition) is 4. The minimum Gasteiger partial charge on any atom is -0.357 e. The molecule has 6 nitrogen and oxygen atoms in total. The highest BCUT2D eigenvalue weighted by molar-refractivity contribution is 5.80. The maximum atomic E-state index is 5.06.